The first-order valence-electron chi connectivity index (χ1n) is 6.25. The van der Waals surface area contributed by atoms with Crippen molar-refractivity contribution >= 4 is 17.3 Å². The Morgan fingerprint density at radius 3 is 2.57 bits per heavy atom. The Morgan fingerprint density at radius 2 is 1.95 bits per heavy atom. The van der Waals surface area contributed by atoms with Gasteiger partial charge in [-0.15, -0.1) is 0 Å². The topological polar surface area (TPSA) is 72.6 Å². The molecule has 0 saturated heterocycles. The SMILES string of the molecule is CC(O)(COc1cc([N+](=O)[O-])ccc1Cl)c1ccccc1. The summed E-state index contributed by atoms with van der Waals surface area (Å²) in [4.78, 5) is 10.2. The summed E-state index contributed by atoms with van der Waals surface area (Å²) in [6, 6.07) is 12.9. The van der Waals surface area contributed by atoms with Gasteiger partial charge < -0.3 is 9.84 Å². The molecule has 2 aromatic rings. The molecule has 0 aliphatic heterocycles. The summed E-state index contributed by atoms with van der Waals surface area (Å²) >= 11 is 5.95. The van der Waals surface area contributed by atoms with E-state index in [1.165, 1.54) is 18.2 Å². The van der Waals surface area contributed by atoms with Crippen molar-refractivity contribution in [2.24, 2.45) is 0 Å². The molecule has 1 atom stereocenters. The lowest BCUT2D eigenvalue weighted by Crippen LogP contribution is -2.29. The summed E-state index contributed by atoms with van der Waals surface area (Å²) in [5, 5.41) is 21.4. The summed E-state index contributed by atoms with van der Waals surface area (Å²) in [7, 11) is 0. The summed E-state index contributed by atoms with van der Waals surface area (Å²) < 4.78 is 5.46. The van der Waals surface area contributed by atoms with Crippen LogP contribution in [0.3, 0.4) is 0 Å². The fourth-order valence-electron chi connectivity index (χ4n) is 1.82. The van der Waals surface area contributed by atoms with Crippen LogP contribution in [0.2, 0.25) is 5.02 Å². The second kappa shape index (κ2) is 6.11. The van der Waals surface area contributed by atoms with Crippen LogP contribution in [-0.4, -0.2) is 16.6 Å². The van der Waals surface area contributed by atoms with Crippen molar-refractivity contribution in [3.8, 4) is 5.75 Å². The molecule has 0 heterocycles. The standard InChI is InChI=1S/C15H14ClNO4/c1-15(18,11-5-3-2-4-6-11)10-21-14-9-12(17(19)20)7-8-13(14)16/h2-9,18H,10H2,1H3. The van der Waals surface area contributed by atoms with Gasteiger partial charge in [0.25, 0.3) is 5.69 Å². The molecular formula is C15H14ClNO4. The molecule has 110 valence electrons. The maximum absolute atomic E-state index is 10.7. The number of halogens is 1. The van der Waals surface area contributed by atoms with Gasteiger partial charge in [0.15, 0.2) is 0 Å². The van der Waals surface area contributed by atoms with Crippen molar-refractivity contribution in [1.29, 1.82) is 0 Å². The molecule has 1 N–H and O–H groups in total. The van der Waals surface area contributed by atoms with E-state index in [4.69, 9.17) is 16.3 Å². The van der Waals surface area contributed by atoms with E-state index in [1.54, 1.807) is 19.1 Å². The van der Waals surface area contributed by atoms with Gasteiger partial charge in [-0.05, 0) is 18.6 Å². The van der Waals surface area contributed by atoms with Crippen LogP contribution < -0.4 is 4.74 Å². The predicted octanol–water partition coefficient (Wildman–Crippen LogP) is 3.53. The van der Waals surface area contributed by atoms with Gasteiger partial charge in [-0.25, -0.2) is 0 Å². The Bertz CT molecular complexity index is 643. The van der Waals surface area contributed by atoms with Crippen LogP contribution in [0.5, 0.6) is 5.75 Å². The summed E-state index contributed by atoms with van der Waals surface area (Å²) in [5.74, 6) is 0.169. The van der Waals surface area contributed by atoms with E-state index in [0.29, 0.717) is 5.56 Å². The number of rotatable bonds is 5. The zero-order valence-electron chi connectivity index (χ0n) is 11.3. The third kappa shape index (κ3) is 3.71. The molecule has 0 saturated carbocycles. The van der Waals surface area contributed by atoms with Crippen LogP contribution >= 0.6 is 11.6 Å². The zero-order valence-corrected chi connectivity index (χ0v) is 12.1. The van der Waals surface area contributed by atoms with Crippen LogP contribution in [0.4, 0.5) is 5.69 Å². The van der Waals surface area contributed by atoms with Crippen molar-refractivity contribution in [1.82, 2.24) is 0 Å². The normalized spacial score (nSPS) is 13.5. The Labute approximate surface area is 126 Å². The number of nitro benzene ring substituents is 1. The van der Waals surface area contributed by atoms with E-state index in [0.717, 1.165) is 0 Å². The highest BCUT2D eigenvalue weighted by molar-refractivity contribution is 6.32. The number of nitro groups is 1. The average Bonchev–Trinajstić information content (AvgIpc) is 2.47. The lowest BCUT2D eigenvalue weighted by Gasteiger charge is -2.24. The molecule has 0 amide bonds. The summed E-state index contributed by atoms with van der Waals surface area (Å²) in [6.45, 7) is 1.53. The van der Waals surface area contributed by atoms with Crippen LogP contribution in [-0.2, 0) is 5.60 Å². The lowest BCUT2D eigenvalue weighted by molar-refractivity contribution is -0.384. The minimum Gasteiger partial charge on any atom is -0.488 e. The number of ether oxygens (including phenoxy) is 1. The highest BCUT2D eigenvalue weighted by Gasteiger charge is 2.24. The van der Waals surface area contributed by atoms with E-state index >= 15 is 0 Å². The first-order valence-corrected chi connectivity index (χ1v) is 6.62. The molecule has 0 aliphatic rings. The van der Waals surface area contributed by atoms with Crippen molar-refractivity contribution in [2.75, 3.05) is 6.61 Å². The fourth-order valence-corrected chi connectivity index (χ4v) is 1.99. The van der Waals surface area contributed by atoms with Crippen molar-refractivity contribution in [3.63, 3.8) is 0 Å². The van der Waals surface area contributed by atoms with Gasteiger partial charge in [0, 0.05) is 6.07 Å². The molecule has 0 spiro atoms. The molecule has 6 heteroatoms. The minimum atomic E-state index is -1.23. The maximum atomic E-state index is 10.7. The number of aliphatic hydroxyl groups is 1. The van der Waals surface area contributed by atoms with Crippen molar-refractivity contribution < 1.29 is 14.8 Å². The molecule has 0 aromatic heterocycles. The second-order valence-corrected chi connectivity index (χ2v) is 5.21. The van der Waals surface area contributed by atoms with E-state index in [2.05, 4.69) is 0 Å². The smallest absolute Gasteiger partial charge is 0.273 e. The van der Waals surface area contributed by atoms with Gasteiger partial charge in [0.2, 0.25) is 0 Å². The molecule has 2 aromatic carbocycles. The molecule has 0 bridgehead atoms. The number of hydrogen-bond acceptors (Lipinski definition) is 4. The average molecular weight is 308 g/mol. The van der Waals surface area contributed by atoms with Gasteiger partial charge >= 0.3 is 0 Å². The van der Waals surface area contributed by atoms with E-state index < -0.39 is 10.5 Å². The van der Waals surface area contributed by atoms with Gasteiger partial charge in [0.05, 0.1) is 16.0 Å². The summed E-state index contributed by atoms with van der Waals surface area (Å²) in [6.07, 6.45) is 0. The minimum absolute atomic E-state index is 0.0715. The van der Waals surface area contributed by atoms with Gasteiger partial charge in [-0.2, -0.15) is 0 Å². The van der Waals surface area contributed by atoms with Crippen LogP contribution in [0.25, 0.3) is 0 Å². The molecular weight excluding hydrogens is 294 g/mol. The molecule has 1 unspecified atom stereocenters. The highest BCUT2D eigenvalue weighted by atomic mass is 35.5. The lowest BCUT2D eigenvalue weighted by atomic mass is 9.97. The number of nitrogens with zero attached hydrogens (tertiary/aromatic N) is 1. The monoisotopic (exact) mass is 307 g/mol. The molecule has 0 fully saturated rings. The van der Waals surface area contributed by atoms with Gasteiger partial charge in [0.1, 0.15) is 18.0 Å². The predicted molar refractivity (Wildman–Crippen MR) is 79.6 cm³/mol. The fraction of sp³-hybridized carbons (Fsp3) is 0.200. The van der Waals surface area contributed by atoms with Crippen molar-refractivity contribution in [2.45, 2.75) is 12.5 Å². The van der Waals surface area contributed by atoms with Crippen LogP contribution in [0, 0.1) is 10.1 Å². The Morgan fingerprint density at radius 1 is 1.29 bits per heavy atom. The molecule has 0 aliphatic carbocycles. The third-order valence-electron chi connectivity index (χ3n) is 3.03. The quantitative estimate of drug-likeness (QED) is 0.677. The maximum Gasteiger partial charge on any atom is 0.273 e. The zero-order chi connectivity index (χ0) is 15.5. The van der Waals surface area contributed by atoms with E-state index in [-0.39, 0.29) is 23.1 Å². The first kappa shape index (κ1) is 15.3. The van der Waals surface area contributed by atoms with Crippen LogP contribution in [0.1, 0.15) is 12.5 Å². The van der Waals surface area contributed by atoms with Gasteiger partial charge in [-0.3, -0.25) is 10.1 Å². The molecule has 2 rings (SSSR count). The number of benzene rings is 2. The van der Waals surface area contributed by atoms with E-state index in [1.807, 2.05) is 18.2 Å². The third-order valence-corrected chi connectivity index (χ3v) is 3.34. The number of hydrogen-bond donors (Lipinski definition) is 1. The highest BCUT2D eigenvalue weighted by Crippen LogP contribution is 2.30. The summed E-state index contributed by atoms with van der Waals surface area (Å²) in [5.41, 5.74) is -0.657. The van der Waals surface area contributed by atoms with Crippen LogP contribution in [0.15, 0.2) is 48.5 Å². The van der Waals surface area contributed by atoms with E-state index in [9.17, 15) is 15.2 Å². The Hall–Kier alpha value is -2.11. The first-order chi connectivity index (χ1) is 9.90. The molecule has 0 radical (unpaired) electrons. The Balaban J connectivity index is 2.16. The molecule has 21 heavy (non-hydrogen) atoms. The molecule has 5 nitrogen and oxygen atoms in total. The largest absolute Gasteiger partial charge is 0.488 e. The Kier molecular flexibility index (Phi) is 4.45. The second-order valence-electron chi connectivity index (χ2n) is 4.80. The van der Waals surface area contributed by atoms with Crippen molar-refractivity contribution in [3.05, 3.63) is 69.2 Å². The van der Waals surface area contributed by atoms with Gasteiger partial charge in [-0.1, -0.05) is 41.9 Å². The number of non-ortho nitro benzene ring substituents is 1.